The minimum absolute atomic E-state index is 0.0716. The van der Waals surface area contributed by atoms with Crippen LogP contribution >= 0.6 is 7.14 Å². The molecule has 1 atom stereocenters. The van der Waals surface area contributed by atoms with Gasteiger partial charge in [-0.2, -0.15) is 0 Å². The van der Waals surface area contributed by atoms with E-state index in [9.17, 15) is 9.36 Å². The third-order valence-electron chi connectivity index (χ3n) is 5.12. The fourth-order valence-corrected chi connectivity index (χ4v) is 6.49. The summed E-state index contributed by atoms with van der Waals surface area (Å²) in [6, 6.07) is 26.2. The van der Waals surface area contributed by atoms with Gasteiger partial charge in [0.25, 0.3) is 0 Å². The summed E-state index contributed by atoms with van der Waals surface area (Å²) < 4.78 is 14.6. The zero-order chi connectivity index (χ0) is 19.4. The Balaban J connectivity index is 1.82. The first-order valence-electron chi connectivity index (χ1n) is 9.55. The quantitative estimate of drug-likeness (QED) is 0.659. The van der Waals surface area contributed by atoms with Crippen molar-refractivity contribution in [2.24, 2.45) is 0 Å². The number of nitrogens with one attached hydrogen (secondary N) is 2. The van der Waals surface area contributed by atoms with E-state index in [2.05, 4.69) is 10.6 Å². The maximum atomic E-state index is 14.6. The van der Waals surface area contributed by atoms with Crippen molar-refractivity contribution in [1.29, 1.82) is 0 Å². The molecule has 0 aliphatic carbocycles. The van der Waals surface area contributed by atoms with Gasteiger partial charge in [-0.15, -0.1) is 0 Å². The number of anilines is 1. The molecule has 4 nitrogen and oxygen atoms in total. The number of hydrogen-bond acceptors (Lipinski definition) is 3. The summed E-state index contributed by atoms with van der Waals surface area (Å²) in [5, 5.41) is 8.40. The summed E-state index contributed by atoms with van der Waals surface area (Å²) in [7, 11) is -3.14. The van der Waals surface area contributed by atoms with Crippen molar-refractivity contribution < 1.29 is 9.36 Å². The third-order valence-corrected chi connectivity index (χ3v) is 8.24. The van der Waals surface area contributed by atoms with Crippen LogP contribution in [0.15, 0.2) is 84.9 Å². The first kappa shape index (κ1) is 18.7. The highest BCUT2D eigenvalue weighted by Gasteiger charge is 2.32. The lowest BCUT2D eigenvalue weighted by Crippen LogP contribution is -2.37. The highest BCUT2D eigenvalue weighted by atomic mass is 31.2. The molecule has 0 radical (unpaired) electrons. The SMILES string of the molecule is O=C(Nc1ccccc1P(=O)(c1ccccc1)c1ccccc1)[C@@H]1CCCN1. The zero-order valence-corrected chi connectivity index (χ0v) is 16.4. The Labute approximate surface area is 165 Å². The molecule has 1 amide bonds. The van der Waals surface area contributed by atoms with E-state index in [1.807, 2.05) is 84.9 Å². The maximum Gasteiger partial charge on any atom is 0.241 e. The van der Waals surface area contributed by atoms with E-state index in [-0.39, 0.29) is 11.9 Å². The second kappa shape index (κ2) is 8.14. The van der Waals surface area contributed by atoms with Crippen LogP contribution in [0.25, 0.3) is 0 Å². The van der Waals surface area contributed by atoms with Crippen molar-refractivity contribution in [3.05, 3.63) is 84.9 Å². The Morgan fingerprint density at radius 2 is 1.43 bits per heavy atom. The Morgan fingerprint density at radius 1 is 0.857 bits per heavy atom. The van der Waals surface area contributed by atoms with Crippen molar-refractivity contribution in [3.8, 4) is 0 Å². The molecule has 142 valence electrons. The molecule has 1 aliphatic heterocycles. The van der Waals surface area contributed by atoms with Crippen LogP contribution in [0, 0.1) is 0 Å². The number of benzene rings is 3. The van der Waals surface area contributed by atoms with Crippen molar-refractivity contribution in [3.63, 3.8) is 0 Å². The Morgan fingerprint density at radius 3 is 2.00 bits per heavy atom. The molecule has 1 fully saturated rings. The molecule has 0 unspecified atom stereocenters. The molecular formula is C23H23N2O2P. The molecule has 1 saturated heterocycles. The van der Waals surface area contributed by atoms with Crippen molar-refractivity contribution in [2.45, 2.75) is 18.9 Å². The van der Waals surface area contributed by atoms with Gasteiger partial charge in [0.2, 0.25) is 5.91 Å². The number of para-hydroxylation sites is 1. The van der Waals surface area contributed by atoms with Gasteiger partial charge in [-0.25, -0.2) is 0 Å². The molecule has 2 N–H and O–H groups in total. The molecule has 0 aromatic heterocycles. The average molecular weight is 390 g/mol. The highest BCUT2D eigenvalue weighted by Crippen LogP contribution is 2.44. The monoisotopic (exact) mass is 390 g/mol. The lowest BCUT2D eigenvalue weighted by Gasteiger charge is -2.23. The average Bonchev–Trinajstić information content (AvgIpc) is 3.30. The number of carbonyl (C=O) groups is 1. The van der Waals surface area contributed by atoms with Gasteiger partial charge in [-0.3, -0.25) is 4.79 Å². The normalized spacial score (nSPS) is 16.6. The fourth-order valence-electron chi connectivity index (χ4n) is 3.69. The molecule has 4 rings (SSSR count). The fraction of sp³-hybridized carbons (Fsp3) is 0.174. The Bertz CT molecular complexity index is 956. The van der Waals surface area contributed by atoms with Crippen LogP contribution < -0.4 is 26.5 Å². The van der Waals surface area contributed by atoms with Crippen LogP contribution in [0.4, 0.5) is 5.69 Å². The predicted octanol–water partition coefficient (Wildman–Crippen LogP) is 3.02. The number of hydrogen-bond donors (Lipinski definition) is 2. The second-order valence-corrected chi connectivity index (χ2v) is 9.67. The molecule has 28 heavy (non-hydrogen) atoms. The number of amides is 1. The largest absolute Gasteiger partial charge is 0.324 e. The summed E-state index contributed by atoms with van der Waals surface area (Å²) in [4.78, 5) is 12.7. The molecule has 0 saturated carbocycles. The summed E-state index contributed by atoms with van der Waals surface area (Å²) in [5.41, 5.74) is 0.609. The van der Waals surface area contributed by atoms with Gasteiger partial charge in [0.15, 0.2) is 7.14 Å². The molecule has 1 aliphatic rings. The van der Waals surface area contributed by atoms with Crippen LogP contribution in [0.2, 0.25) is 0 Å². The summed E-state index contributed by atoms with van der Waals surface area (Å²) in [6.07, 6.45) is 1.81. The van der Waals surface area contributed by atoms with Gasteiger partial charge in [0.1, 0.15) is 0 Å². The van der Waals surface area contributed by atoms with Gasteiger partial charge >= 0.3 is 0 Å². The molecule has 5 heteroatoms. The first-order valence-corrected chi connectivity index (χ1v) is 11.3. The number of rotatable bonds is 5. The Hall–Kier alpha value is -2.68. The van der Waals surface area contributed by atoms with Crippen LogP contribution in [0.1, 0.15) is 12.8 Å². The van der Waals surface area contributed by atoms with Gasteiger partial charge in [0.05, 0.1) is 11.7 Å². The van der Waals surface area contributed by atoms with Gasteiger partial charge in [0, 0.05) is 15.9 Å². The lowest BCUT2D eigenvalue weighted by atomic mass is 10.2. The predicted molar refractivity (Wildman–Crippen MR) is 115 cm³/mol. The summed E-state index contributed by atoms with van der Waals surface area (Å²) in [5.74, 6) is -0.0716. The van der Waals surface area contributed by atoms with Crippen molar-refractivity contribution >= 4 is 34.7 Å². The van der Waals surface area contributed by atoms with E-state index in [0.29, 0.717) is 11.0 Å². The topological polar surface area (TPSA) is 58.2 Å². The Kier molecular flexibility index (Phi) is 5.43. The van der Waals surface area contributed by atoms with Crippen LogP contribution in [-0.4, -0.2) is 18.5 Å². The lowest BCUT2D eigenvalue weighted by molar-refractivity contribution is -0.117. The minimum Gasteiger partial charge on any atom is -0.324 e. The smallest absolute Gasteiger partial charge is 0.241 e. The molecular weight excluding hydrogens is 367 g/mol. The van der Waals surface area contributed by atoms with Crippen LogP contribution in [0.5, 0.6) is 0 Å². The van der Waals surface area contributed by atoms with E-state index in [1.54, 1.807) is 0 Å². The molecule has 0 spiro atoms. The zero-order valence-electron chi connectivity index (χ0n) is 15.5. The van der Waals surface area contributed by atoms with Gasteiger partial charge in [-0.1, -0.05) is 72.8 Å². The van der Waals surface area contributed by atoms with Crippen molar-refractivity contribution in [1.82, 2.24) is 5.32 Å². The molecule has 0 bridgehead atoms. The molecule has 1 heterocycles. The standard InChI is InChI=1S/C23H23N2O2P/c26-23(21-15-9-17-24-21)25-20-14-7-8-16-22(20)28(27,18-10-3-1-4-11-18)19-12-5-2-6-13-19/h1-8,10-14,16,21,24H,9,15,17H2,(H,25,26)/t21-/m0/s1. The highest BCUT2D eigenvalue weighted by molar-refractivity contribution is 7.85. The van der Waals surface area contributed by atoms with E-state index in [1.165, 1.54) is 0 Å². The van der Waals surface area contributed by atoms with E-state index < -0.39 is 7.14 Å². The minimum atomic E-state index is -3.14. The van der Waals surface area contributed by atoms with Gasteiger partial charge in [-0.05, 0) is 31.5 Å². The van der Waals surface area contributed by atoms with Crippen LogP contribution in [0.3, 0.4) is 0 Å². The van der Waals surface area contributed by atoms with E-state index in [0.717, 1.165) is 30.0 Å². The van der Waals surface area contributed by atoms with E-state index in [4.69, 9.17) is 0 Å². The number of carbonyl (C=O) groups excluding carboxylic acids is 1. The summed E-state index contributed by atoms with van der Waals surface area (Å²) >= 11 is 0. The first-order chi connectivity index (χ1) is 13.7. The molecule has 3 aromatic rings. The van der Waals surface area contributed by atoms with Crippen molar-refractivity contribution in [2.75, 3.05) is 11.9 Å². The van der Waals surface area contributed by atoms with E-state index >= 15 is 0 Å². The molecule has 3 aromatic carbocycles. The van der Waals surface area contributed by atoms with Gasteiger partial charge < -0.3 is 15.2 Å². The maximum absolute atomic E-state index is 14.6. The third kappa shape index (κ3) is 3.54. The second-order valence-electron chi connectivity index (χ2n) is 6.94. The van der Waals surface area contributed by atoms with Crippen LogP contribution in [-0.2, 0) is 9.36 Å². The summed E-state index contributed by atoms with van der Waals surface area (Å²) in [6.45, 7) is 0.853.